The number of benzene rings is 2. The molecule has 3 aromatic rings. The number of urea groups is 1. The van der Waals surface area contributed by atoms with Crippen molar-refractivity contribution in [1.82, 2.24) is 9.88 Å². The molecule has 40 heavy (non-hydrogen) atoms. The Morgan fingerprint density at radius 2 is 1.68 bits per heavy atom. The third kappa shape index (κ3) is 6.11. The molecule has 0 aliphatic carbocycles. The van der Waals surface area contributed by atoms with E-state index in [0.29, 0.717) is 17.7 Å². The van der Waals surface area contributed by atoms with Crippen molar-refractivity contribution in [2.75, 3.05) is 19.0 Å². The first-order valence-corrected chi connectivity index (χ1v) is 14.0. The van der Waals surface area contributed by atoms with E-state index >= 15 is 0 Å². The molecule has 4 rings (SSSR count). The van der Waals surface area contributed by atoms with Gasteiger partial charge in [-0.25, -0.2) is 4.79 Å². The van der Waals surface area contributed by atoms with Crippen molar-refractivity contribution in [2.45, 2.75) is 65.8 Å². The SMILES string of the molecule is COc1ccc(CC2N(C(=O)Nc3c(C(C)C)cccc3C(C)C)C/C(=C\c3ccccn3)C(=O)C2(C)C)cc1. The summed E-state index contributed by atoms with van der Waals surface area (Å²) < 4.78 is 5.33. The van der Waals surface area contributed by atoms with Gasteiger partial charge in [-0.2, -0.15) is 0 Å². The van der Waals surface area contributed by atoms with Crippen molar-refractivity contribution >= 4 is 23.6 Å². The lowest BCUT2D eigenvalue weighted by Gasteiger charge is -2.46. The van der Waals surface area contributed by atoms with E-state index in [1.165, 1.54) is 0 Å². The first kappa shape index (κ1) is 29.1. The molecule has 6 nitrogen and oxygen atoms in total. The highest BCUT2D eigenvalue weighted by Crippen LogP contribution is 2.39. The number of hydrogen-bond acceptors (Lipinski definition) is 4. The van der Waals surface area contributed by atoms with E-state index in [1.807, 2.05) is 67.3 Å². The first-order chi connectivity index (χ1) is 19.0. The van der Waals surface area contributed by atoms with Crippen LogP contribution in [-0.2, 0) is 11.2 Å². The van der Waals surface area contributed by atoms with E-state index in [-0.39, 0.29) is 36.2 Å². The Kier molecular flexibility index (Phi) is 8.77. The lowest BCUT2D eigenvalue weighted by Crippen LogP contribution is -2.59. The molecule has 1 aromatic heterocycles. The fourth-order valence-electron chi connectivity index (χ4n) is 5.51. The lowest BCUT2D eigenvalue weighted by atomic mass is 9.71. The number of para-hydroxylation sites is 1. The number of nitrogens with one attached hydrogen (secondary N) is 1. The molecule has 0 spiro atoms. The standard InChI is InChI=1S/C34H41N3O3/c1-22(2)28-12-10-13-29(23(3)4)31(28)36-33(39)37-21-25(20-26-11-8-9-18-35-26)32(38)34(5,6)30(37)19-24-14-16-27(40-7)17-15-24/h8-18,20,22-23,30H,19,21H2,1-7H3,(H,36,39)/b25-20+. The number of likely N-dealkylation sites (tertiary alicyclic amines) is 1. The molecule has 1 N–H and O–H groups in total. The molecule has 1 aliphatic rings. The molecule has 210 valence electrons. The number of Topliss-reactive ketones (excluding diaryl/α,β-unsaturated/α-hetero) is 1. The number of ether oxygens (including phenoxy) is 1. The third-order valence-electron chi connectivity index (χ3n) is 7.89. The number of pyridine rings is 1. The Bertz CT molecular complexity index is 1350. The van der Waals surface area contributed by atoms with Gasteiger partial charge in [0.15, 0.2) is 5.78 Å². The summed E-state index contributed by atoms with van der Waals surface area (Å²) in [5, 5.41) is 3.30. The average molecular weight is 540 g/mol. The minimum absolute atomic E-state index is 0.0335. The molecule has 1 fully saturated rings. The second-order valence-electron chi connectivity index (χ2n) is 11.7. The number of aromatic nitrogens is 1. The Morgan fingerprint density at radius 3 is 2.23 bits per heavy atom. The molecule has 0 bridgehead atoms. The van der Waals surface area contributed by atoms with Crippen molar-refractivity contribution in [2.24, 2.45) is 5.41 Å². The molecule has 0 saturated carbocycles. The minimum atomic E-state index is -0.825. The van der Waals surface area contributed by atoms with Gasteiger partial charge >= 0.3 is 6.03 Å². The molecule has 2 heterocycles. The summed E-state index contributed by atoms with van der Waals surface area (Å²) in [6.07, 6.45) is 4.06. The molecule has 0 radical (unpaired) electrons. The third-order valence-corrected chi connectivity index (χ3v) is 7.89. The van der Waals surface area contributed by atoms with E-state index in [9.17, 15) is 9.59 Å². The van der Waals surface area contributed by atoms with Gasteiger partial charge in [-0.05, 0) is 65.3 Å². The lowest BCUT2D eigenvalue weighted by molar-refractivity contribution is -0.128. The van der Waals surface area contributed by atoms with Crippen molar-refractivity contribution in [3.63, 3.8) is 0 Å². The zero-order valence-electron chi connectivity index (χ0n) is 24.7. The van der Waals surface area contributed by atoms with Gasteiger partial charge in [0.1, 0.15) is 5.75 Å². The number of ketones is 1. The second-order valence-corrected chi connectivity index (χ2v) is 11.7. The van der Waals surface area contributed by atoms with Crippen LogP contribution in [0.25, 0.3) is 6.08 Å². The van der Waals surface area contributed by atoms with Crippen molar-refractivity contribution in [1.29, 1.82) is 0 Å². The second kappa shape index (κ2) is 12.1. The quantitative estimate of drug-likeness (QED) is 0.316. The summed E-state index contributed by atoms with van der Waals surface area (Å²) in [4.78, 5) is 34.4. The monoisotopic (exact) mass is 539 g/mol. The van der Waals surface area contributed by atoms with Gasteiger partial charge in [0, 0.05) is 22.9 Å². The van der Waals surface area contributed by atoms with Crippen LogP contribution in [-0.4, -0.2) is 41.4 Å². The van der Waals surface area contributed by atoms with Gasteiger partial charge in [0.2, 0.25) is 0 Å². The average Bonchev–Trinajstić information content (AvgIpc) is 2.93. The number of nitrogens with zero attached hydrogens (tertiary/aromatic N) is 2. The van der Waals surface area contributed by atoms with Crippen LogP contribution in [0.15, 0.2) is 72.4 Å². The zero-order valence-corrected chi connectivity index (χ0v) is 24.7. The fourth-order valence-corrected chi connectivity index (χ4v) is 5.51. The van der Waals surface area contributed by atoms with Crippen LogP contribution >= 0.6 is 0 Å². The smallest absolute Gasteiger partial charge is 0.322 e. The maximum atomic E-state index is 14.3. The number of hydrogen-bond donors (Lipinski definition) is 1. The largest absolute Gasteiger partial charge is 0.497 e. The molecule has 6 heteroatoms. The summed E-state index contributed by atoms with van der Waals surface area (Å²) >= 11 is 0. The van der Waals surface area contributed by atoms with Crippen LogP contribution in [0.3, 0.4) is 0 Å². The van der Waals surface area contributed by atoms with Crippen LogP contribution in [0.4, 0.5) is 10.5 Å². The number of amides is 2. The molecule has 2 aromatic carbocycles. The van der Waals surface area contributed by atoms with Crippen LogP contribution in [0.2, 0.25) is 0 Å². The number of methoxy groups -OCH3 is 1. The number of piperidine rings is 1. The van der Waals surface area contributed by atoms with Gasteiger partial charge in [-0.15, -0.1) is 0 Å². The van der Waals surface area contributed by atoms with Gasteiger partial charge in [-0.3, -0.25) is 9.78 Å². The molecule has 1 atom stereocenters. The van der Waals surface area contributed by atoms with Gasteiger partial charge in [0.05, 0.1) is 25.4 Å². The van der Waals surface area contributed by atoms with Gasteiger partial charge in [-0.1, -0.05) is 77.9 Å². The van der Waals surface area contributed by atoms with E-state index in [1.54, 1.807) is 13.3 Å². The molecule has 1 saturated heterocycles. The highest BCUT2D eigenvalue weighted by Gasteiger charge is 2.48. The summed E-state index contributed by atoms with van der Waals surface area (Å²) in [7, 11) is 1.64. The van der Waals surface area contributed by atoms with Crippen LogP contribution in [0.5, 0.6) is 5.75 Å². The van der Waals surface area contributed by atoms with E-state index in [4.69, 9.17) is 4.74 Å². The maximum Gasteiger partial charge on any atom is 0.322 e. The highest BCUT2D eigenvalue weighted by atomic mass is 16.5. The maximum absolute atomic E-state index is 14.3. The Labute approximate surface area is 238 Å². The Balaban J connectivity index is 1.77. The van der Waals surface area contributed by atoms with Crippen molar-refractivity contribution < 1.29 is 14.3 Å². The fraction of sp³-hybridized carbons (Fsp3) is 0.382. The summed E-state index contributed by atoms with van der Waals surface area (Å²) in [6, 6.07) is 19.1. The summed E-state index contributed by atoms with van der Waals surface area (Å²) in [5.74, 6) is 1.28. The number of anilines is 1. The van der Waals surface area contributed by atoms with Crippen LogP contribution in [0, 0.1) is 5.41 Å². The Morgan fingerprint density at radius 1 is 1.02 bits per heavy atom. The minimum Gasteiger partial charge on any atom is -0.497 e. The predicted molar refractivity (Wildman–Crippen MR) is 162 cm³/mol. The topological polar surface area (TPSA) is 71.5 Å². The Hall–Kier alpha value is -3.93. The van der Waals surface area contributed by atoms with E-state index < -0.39 is 5.41 Å². The van der Waals surface area contributed by atoms with Gasteiger partial charge < -0.3 is 15.0 Å². The number of rotatable bonds is 7. The number of carbonyl (C=O) groups is 2. The molecular weight excluding hydrogens is 498 g/mol. The molecular formula is C34H41N3O3. The van der Waals surface area contributed by atoms with E-state index in [0.717, 1.165) is 28.1 Å². The number of carbonyl (C=O) groups excluding carboxylic acids is 2. The normalized spacial score (nSPS) is 17.9. The molecule has 1 aliphatic heterocycles. The highest BCUT2D eigenvalue weighted by molar-refractivity contribution is 6.06. The molecule has 2 amide bonds. The van der Waals surface area contributed by atoms with Crippen LogP contribution in [0.1, 0.15) is 75.8 Å². The van der Waals surface area contributed by atoms with Gasteiger partial charge in [0.25, 0.3) is 0 Å². The van der Waals surface area contributed by atoms with E-state index in [2.05, 4.69) is 56.2 Å². The van der Waals surface area contributed by atoms with Crippen LogP contribution < -0.4 is 10.1 Å². The predicted octanol–water partition coefficient (Wildman–Crippen LogP) is 7.47. The summed E-state index contributed by atoms with van der Waals surface area (Å²) in [5.41, 5.74) is 4.55. The van der Waals surface area contributed by atoms with Crippen molar-refractivity contribution in [3.8, 4) is 5.75 Å². The zero-order chi connectivity index (χ0) is 29.0. The molecule has 1 unspecified atom stereocenters. The first-order valence-electron chi connectivity index (χ1n) is 14.0. The summed E-state index contributed by atoms with van der Waals surface area (Å²) in [6.45, 7) is 12.6. The van der Waals surface area contributed by atoms with Crippen molar-refractivity contribution in [3.05, 3.63) is 94.8 Å².